The molecule has 0 aliphatic rings. The van der Waals surface area contributed by atoms with Crippen LogP contribution in [0, 0.1) is 6.92 Å². The molecule has 122 valence electrons. The number of halogens is 1. The monoisotopic (exact) mass is 378 g/mol. The Morgan fingerprint density at radius 2 is 1.22 bits per heavy atom. The summed E-state index contributed by atoms with van der Waals surface area (Å²) >= 11 is 3.32. The quantitative estimate of drug-likeness (QED) is 0.594. The highest BCUT2D eigenvalue weighted by atomic mass is 79.9. The Labute approximate surface area is 144 Å². The van der Waals surface area contributed by atoms with Gasteiger partial charge in [-0.05, 0) is 36.8 Å². The lowest BCUT2D eigenvalue weighted by Gasteiger charge is -1.99. The van der Waals surface area contributed by atoms with Crippen molar-refractivity contribution in [2.45, 2.75) is 12.3 Å². The van der Waals surface area contributed by atoms with E-state index in [1.165, 1.54) is 14.2 Å². The van der Waals surface area contributed by atoms with Crippen molar-refractivity contribution in [2.75, 3.05) is 14.2 Å². The lowest BCUT2D eigenvalue weighted by molar-refractivity contribution is 0.0592. The van der Waals surface area contributed by atoms with Crippen LogP contribution in [0.2, 0.25) is 0 Å². The van der Waals surface area contributed by atoms with E-state index in [4.69, 9.17) is 0 Å². The molecular formula is C18H19BrO4. The highest BCUT2D eigenvalue weighted by molar-refractivity contribution is 9.08. The molecule has 0 aliphatic heterocycles. The van der Waals surface area contributed by atoms with Crippen molar-refractivity contribution in [1.29, 1.82) is 0 Å². The van der Waals surface area contributed by atoms with Crippen LogP contribution in [0.1, 0.15) is 31.8 Å². The number of methoxy groups -OCH3 is 2. The highest BCUT2D eigenvalue weighted by Crippen LogP contribution is 2.08. The van der Waals surface area contributed by atoms with E-state index in [9.17, 15) is 9.59 Å². The van der Waals surface area contributed by atoms with Gasteiger partial charge >= 0.3 is 11.9 Å². The van der Waals surface area contributed by atoms with Gasteiger partial charge in [0.15, 0.2) is 0 Å². The summed E-state index contributed by atoms with van der Waals surface area (Å²) in [5, 5.41) is 0.800. The molecule has 0 spiro atoms. The van der Waals surface area contributed by atoms with Gasteiger partial charge in [-0.3, -0.25) is 0 Å². The third-order valence-electron chi connectivity index (χ3n) is 3.00. The van der Waals surface area contributed by atoms with E-state index in [1.54, 1.807) is 24.3 Å². The number of esters is 2. The zero-order chi connectivity index (χ0) is 17.2. The molecular weight excluding hydrogens is 360 g/mol. The standard InChI is InChI=1S/C9H9BrO2.C9H10O2/c1-12-9(11)8-4-2-7(6-10)3-5-8;1-7-3-5-8(6-4-7)9(10)11-2/h2-5H,6H2,1H3;3-6H,1-2H3. The fourth-order valence-electron chi connectivity index (χ4n) is 1.66. The van der Waals surface area contributed by atoms with Crippen molar-refractivity contribution >= 4 is 27.9 Å². The summed E-state index contributed by atoms with van der Waals surface area (Å²) in [4.78, 5) is 21.9. The number of carbonyl (C=O) groups is 2. The van der Waals surface area contributed by atoms with Crippen LogP contribution >= 0.6 is 15.9 Å². The molecule has 0 fully saturated rings. The van der Waals surface area contributed by atoms with Gasteiger partial charge < -0.3 is 9.47 Å². The minimum absolute atomic E-state index is 0.287. The Bertz CT molecular complexity index is 633. The SMILES string of the molecule is COC(=O)c1ccc(C)cc1.COC(=O)c1ccc(CBr)cc1. The van der Waals surface area contributed by atoms with E-state index in [-0.39, 0.29) is 11.9 Å². The third-order valence-corrected chi connectivity index (χ3v) is 3.65. The van der Waals surface area contributed by atoms with Gasteiger partial charge in [0.2, 0.25) is 0 Å². The predicted octanol–water partition coefficient (Wildman–Crippen LogP) is 4.15. The molecule has 0 saturated carbocycles. The number of alkyl halides is 1. The molecule has 0 bridgehead atoms. The summed E-state index contributed by atoms with van der Waals surface area (Å²) in [5.74, 6) is -0.582. The summed E-state index contributed by atoms with van der Waals surface area (Å²) in [7, 11) is 2.75. The van der Waals surface area contributed by atoms with Crippen LogP contribution in [0.3, 0.4) is 0 Å². The van der Waals surface area contributed by atoms with E-state index < -0.39 is 0 Å². The van der Waals surface area contributed by atoms with E-state index in [0.29, 0.717) is 11.1 Å². The Kier molecular flexibility index (Phi) is 8.05. The van der Waals surface area contributed by atoms with Gasteiger partial charge in [-0.1, -0.05) is 45.8 Å². The highest BCUT2D eigenvalue weighted by Gasteiger charge is 2.03. The van der Waals surface area contributed by atoms with Crippen LogP contribution in [0.25, 0.3) is 0 Å². The van der Waals surface area contributed by atoms with Gasteiger partial charge in [0.05, 0.1) is 25.3 Å². The molecule has 4 nitrogen and oxygen atoms in total. The average molecular weight is 379 g/mol. The first-order valence-corrected chi connectivity index (χ1v) is 8.02. The maximum absolute atomic E-state index is 11.0. The minimum Gasteiger partial charge on any atom is -0.465 e. The maximum Gasteiger partial charge on any atom is 0.337 e. The van der Waals surface area contributed by atoms with Crippen molar-refractivity contribution in [3.05, 3.63) is 70.8 Å². The van der Waals surface area contributed by atoms with Crippen molar-refractivity contribution in [1.82, 2.24) is 0 Å². The fraction of sp³-hybridized carbons (Fsp3) is 0.222. The van der Waals surface area contributed by atoms with Crippen molar-refractivity contribution in [3.8, 4) is 0 Å². The number of hydrogen-bond acceptors (Lipinski definition) is 4. The van der Waals surface area contributed by atoms with Crippen molar-refractivity contribution in [2.24, 2.45) is 0 Å². The molecule has 2 aromatic carbocycles. The summed E-state index contributed by atoms with van der Waals surface area (Å²) in [6, 6.07) is 14.5. The Hall–Kier alpha value is -2.14. The molecule has 0 heterocycles. The molecule has 0 saturated heterocycles. The van der Waals surface area contributed by atoms with Gasteiger partial charge in [0.1, 0.15) is 0 Å². The van der Waals surface area contributed by atoms with Crippen LogP contribution < -0.4 is 0 Å². The Balaban J connectivity index is 0.000000231. The lowest BCUT2D eigenvalue weighted by atomic mass is 10.1. The Morgan fingerprint density at radius 1 is 0.826 bits per heavy atom. The first kappa shape index (κ1) is 18.9. The van der Waals surface area contributed by atoms with Crippen LogP contribution in [-0.2, 0) is 14.8 Å². The molecule has 0 atom stereocenters. The van der Waals surface area contributed by atoms with Crippen LogP contribution in [0.4, 0.5) is 0 Å². The summed E-state index contributed by atoms with van der Waals surface area (Å²) in [5.41, 5.74) is 3.46. The molecule has 5 heteroatoms. The fourth-order valence-corrected chi connectivity index (χ4v) is 2.03. The minimum atomic E-state index is -0.295. The van der Waals surface area contributed by atoms with Crippen LogP contribution in [0.5, 0.6) is 0 Å². The molecule has 23 heavy (non-hydrogen) atoms. The second-order valence-electron chi connectivity index (χ2n) is 4.68. The zero-order valence-corrected chi connectivity index (χ0v) is 14.9. The number of aryl methyl sites for hydroxylation is 1. The smallest absolute Gasteiger partial charge is 0.337 e. The lowest BCUT2D eigenvalue weighted by Crippen LogP contribution is -2.00. The number of benzene rings is 2. The number of ether oxygens (including phenoxy) is 2. The average Bonchev–Trinajstić information content (AvgIpc) is 2.61. The van der Waals surface area contributed by atoms with Gasteiger partial charge in [0.25, 0.3) is 0 Å². The van der Waals surface area contributed by atoms with Gasteiger partial charge in [-0.15, -0.1) is 0 Å². The second-order valence-corrected chi connectivity index (χ2v) is 5.24. The van der Waals surface area contributed by atoms with Gasteiger partial charge in [-0.25, -0.2) is 9.59 Å². The normalized spacial score (nSPS) is 9.39. The van der Waals surface area contributed by atoms with E-state index in [1.807, 2.05) is 31.2 Å². The molecule has 2 rings (SSSR count). The number of carbonyl (C=O) groups excluding carboxylic acids is 2. The van der Waals surface area contributed by atoms with Crippen LogP contribution in [-0.4, -0.2) is 26.2 Å². The zero-order valence-electron chi connectivity index (χ0n) is 13.3. The Morgan fingerprint density at radius 3 is 1.57 bits per heavy atom. The molecule has 0 unspecified atom stereocenters. The van der Waals surface area contributed by atoms with Gasteiger partial charge in [0, 0.05) is 5.33 Å². The van der Waals surface area contributed by atoms with Gasteiger partial charge in [-0.2, -0.15) is 0 Å². The molecule has 0 amide bonds. The molecule has 0 N–H and O–H groups in total. The first-order chi connectivity index (χ1) is 11.0. The van der Waals surface area contributed by atoms with E-state index in [0.717, 1.165) is 16.5 Å². The molecule has 0 aliphatic carbocycles. The predicted molar refractivity (Wildman–Crippen MR) is 92.9 cm³/mol. The molecule has 2 aromatic rings. The first-order valence-electron chi connectivity index (χ1n) is 6.90. The number of rotatable bonds is 3. The third kappa shape index (κ3) is 6.24. The summed E-state index contributed by atoms with van der Waals surface area (Å²) < 4.78 is 9.10. The van der Waals surface area contributed by atoms with Crippen LogP contribution in [0.15, 0.2) is 48.5 Å². The van der Waals surface area contributed by atoms with Crippen molar-refractivity contribution in [3.63, 3.8) is 0 Å². The largest absolute Gasteiger partial charge is 0.465 e. The number of hydrogen-bond donors (Lipinski definition) is 0. The van der Waals surface area contributed by atoms with E-state index in [2.05, 4.69) is 25.4 Å². The summed E-state index contributed by atoms with van der Waals surface area (Å²) in [6.45, 7) is 1.97. The molecule has 0 radical (unpaired) electrons. The second kappa shape index (κ2) is 9.79. The van der Waals surface area contributed by atoms with Crippen molar-refractivity contribution < 1.29 is 19.1 Å². The van der Waals surface area contributed by atoms with E-state index >= 15 is 0 Å². The topological polar surface area (TPSA) is 52.6 Å². The molecule has 0 aromatic heterocycles. The maximum atomic E-state index is 11.0. The summed E-state index contributed by atoms with van der Waals surface area (Å²) in [6.07, 6.45) is 0.